The lowest BCUT2D eigenvalue weighted by atomic mass is 10.2. The standard InChI is InChI=1S/C12H19N3O3/c1-9(2)15-3-4-18-10(6-15)5-14-7-11(12(16)17)13-8-14/h7-10H,3-6H2,1-2H3,(H,16,17). The molecule has 2 rings (SSSR count). The Labute approximate surface area is 106 Å². The maximum absolute atomic E-state index is 10.7. The number of hydrogen-bond donors (Lipinski definition) is 1. The van der Waals surface area contributed by atoms with E-state index in [1.54, 1.807) is 17.1 Å². The number of carboxylic acid groups (broad SMARTS) is 1. The van der Waals surface area contributed by atoms with Gasteiger partial charge < -0.3 is 14.4 Å². The van der Waals surface area contributed by atoms with Crippen molar-refractivity contribution in [2.24, 2.45) is 0 Å². The van der Waals surface area contributed by atoms with Gasteiger partial charge in [-0.1, -0.05) is 0 Å². The van der Waals surface area contributed by atoms with Crippen molar-refractivity contribution in [1.82, 2.24) is 14.5 Å². The Hall–Kier alpha value is -1.40. The normalized spacial score (nSPS) is 21.4. The monoisotopic (exact) mass is 253 g/mol. The van der Waals surface area contributed by atoms with Crippen molar-refractivity contribution in [3.8, 4) is 0 Å². The molecule has 1 atom stereocenters. The van der Waals surface area contributed by atoms with Crippen LogP contribution < -0.4 is 0 Å². The van der Waals surface area contributed by atoms with E-state index in [2.05, 4.69) is 23.7 Å². The molecule has 1 saturated heterocycles. The molecule has 1 aromatic heterocycles. The first-order valence-electron chi connectivity index (χ1n) is 6.17. The van der Waals surface area contributed by atoms with Crippen molar-refractivity contribution in [3.05, 3.63) is 18.2 Å². The first-order chi connectivity index (χ1) is 8.56. The molecule has 0 radical (unpaired) electrons. The average Bonchev–Trinajstić information content (AvgIpc) is 2.78. The van der Waals surface area contributed by atoms with Gasteiger partial charge in [0, 0.05) is 25.3 Å². The van der Waals surface area contributed by atoms with Crippen LogP contribution in [-0.4, -0.2) is 57.4 Å². The predicted octanol–water partition coefficient (Wildman–Crippen LogP) is 0.690. The van der Waals surface area contributed by atoms with Gasteiger partial charge in [0.25, 0.3) is 0 Å². The van der Waals surface area contributed by atoms with Gasteiger partial charge in [0.15, 0.2) is 5.69 Å². The van der Waals surface area contributed by atoms with Crippen LogP contribution in [-0.2, 0) is 11.3 Å². The first kappa shape index (κ1) is 13.0. The third-order valence-corrected chi connectivity index (χ3v) is 3.17. The molecule has 0 aromatic carbocycles. The van der Waals surface area contributed by atoms with E-state index in [1.165, 1.54) is 0 Å². The van der Waals surface area contributed by atoms with Gasteiger partial charge in [-0.3, -0.25) is 4.90 Å². The van der Waals surface area contributed by atoms with Gasteiger partial charge in [-0.25, -0.2) is 9.78 Å². The predicted molar refractivity (Wildman–Crippen MR) is 65.6 cm³/mol. The van der Waals surface area contributed by atoms with Crippen molar-refractivity contribution in [2.45, 2.75) is 32.5 Å². The Balaban J connectivity index is 1.94. The minimum atomic E-state index is -0.998. The number of nitrogens with zero attached hydrogens (tertiary/aromatic N) is 3. The Morgan fingerprint density at radius 3 is 3.06 bits per heavy atom. The maximum atomic E-state index is 10.7. The summed E-state index contributed by atoms with van der Waals surface area (Å²) in [6.07, 6.45) is 3.18. The highest BCUT2D eigenvalue weighted by molar-refractivity contribution is 5.84. The molecule has 0 aliphatic carbocycles. The molecule has 1 aliphatic rings. The van der Waals surface area contributed by atoms with Crippen LogP contribution in [0.4, 0.5) is 0 Å². The van der Waals surface area contributed by atoms with E-state index >= 15 is 0 Å². The second kappa shape index (κ2) is 5.49. The molecule has 100 valence electrons. The van der Waals surface area contributed by atoms with Gasteiger partial charge in [-0.15, -0.1) is 0 Å². The van der Waals surface area contributed by atoms with Crippen LogP contribution in [0.1, 0.15) is 24.3 Å². The third-order valence-electron chi connectivity index (χ3n) is 3.17. The number of aromatic carboxylic acids is 1. The molecule has 18 heavy (non-hydrogen) atoms. The van der Waals surface area contributed by atoms with Gasteiger partial charge in [-0.2, -0.15) is 0 Å². The van der Waals surface area contributed by atoms with Crippen LogP contribution >= 0.6 is 0 Å². The number of aromatic nitrogens is 2. The number of carboxylic acids is 1. The number of hydrogen-bond acceptors (Lipinski definition) is 4. The molecular weight excluding hydrogens is 234 g/mol. The molecule has 0 bridgehead atoms. The minimum absolute atomic E-state index is 0.0755. The fraction of sp³-hybridized carbons (Fsp3) is 0.667. The lowest BCUT2D eigenvalue weighted by Crippen LogP contribution is -2.47. The van der Waals surface area contributed by atoms with Crippen LogP contribution in [0.15, 0.2) is 12.5 Å². The highest BCUT2D eigenvalue weighted by Gasteiger charge is 2.22. The van der Waals surface area contributed by atoms with E-state index < -0.39 is 5.97 Å². The van der Waals surface area contributed by atoms with Gasteiger partial charge in [-0.05, 0) is 13.8 Å². The summed E-state index contributed by atoms with van der Waals surface area (Å²) in [6.45, 7) is 7.54. The smallest absolute Gasteiger partial charge is 0.356 e. The summed E-state index contributed by atoms with van der Waals surface area (Å²) in [6, 6.07) is 0.508. The summed E-state index contributed by atoms with van der Waals surface area (Å²) in [7, 11) is 0. The topological polar surface area (TPSA) is 67.6 Å². The molecule has 1 unspecified atom stereocenters. The molecule has 6 heteroatoms. The minimum Gasteiger partial charge on any atom is -0.476 e. The second-order valence-corrected chi connectivity index (χ2v) is 4.84. The molecule has 0 saturated carbocycles. The summed E-state index contributed by atoms with van der Waals surface area (Å²) in [5.41, 5.74) is 0.0755. The van der Waals surface area contributed by atoms with Gasteiger partial charge >= 0.3 is 5.97 Å². The summed E-state index contributed by atoms with van der Waals surface area (Å²) in [4.78, 5) is 16.9. The highest BCUT2D eigenvalue weighted by Crippen LogP contribution is 2.11. The quantitative estimate of drug-likeness (QED) is 0.855. The highest BCUT2D eigenvalue weighted by atomic mass is 16.5. The Morgan fingerprint density at radius 1 is 1.67 bits per heavy atom. The lowest BCUT2D eigenvalue weighted by Gasteiger charge is -2.35. The lowest BCUT2D eigenvalue weighted by molar-refractivity contribution is -0.0456. The summed E-state index contributed by atoms with van der Waals surface area (Å²) >= 11 is 0. The van der Waals surface area contributed by atoms with Crippen molar-refractivity contribution in [3.63, 3.8) is 0 Å². The zero-order chi connectivity index (χ0) is 13.1. The molecule has 6 nitrogen and oxygen atoms in total. The number of carbonyl (C=O) groups is 1. The Bertz CT molecular complexity index is 416. The molecule has 0 spiro atoms. The van der Waals surface area contributed by atoms with E-state index in [0.29, 0.717) is 12.6 Å². The SMILES string of the molecule is CC(C)N1CCOC(Cn2cnc(C(=O)O)c2)C1. The van der Waals surface area contributed by atoms with Crippen molar-refractivity contribution >= 4 is 5.97 Å². The second-order valence-electron chi connectivity index (χ2n) is 4.84. The number of morpholine rings is 1. The van der Waals surface area contributed by atoms with Crippen molar-refractivity contribution < 1.29 is 14.6 Å². The van der Waals surface area contributed by atoms with Crippen molar-refractivity contribution in [1.29, 1.82) is 0 Å². The van der Waals surface area contributed by atoms with E-state index in [4.69, 9.17) is 9.84 Å². The van der Waals surface area contributed by atoms with E-state index in [1.807, 2.05) is 0 Å². The van der Waals surface area contributed by atoms with Gasteiger partial charge in [0.05, 0.1) is 25.6 Å². The largest absolute Gasteiger partial charge is 0.476 e. The number of imidazole rings is 1. The van der Waals surface area contributed by atoms with Gasteiger partial charge in [0.1, 0.15) is 0 Å². The summed E-state index contributed by atoms with van der Waals surface area (Å²) in [5.74, 6) is -0.998. The van der Waals surface area contributed by atoms with E-state index in [-0.39, 0.29) is 11.8 Å². The molecule has 1 aliphatic heterocycles. The van der Waals surface area contributed by atoms with Gasteiger partial charge in [0.2, 0.25) is 0 Å². The molecule has 1 N–H and O–H groups in total. The zero-order valence-corrected chi connectivity index (χ0v) is 10.7. The zero-order valence-electron chi connectivity index (χ0n) is 10.7. The first-order valence-corrected chi connectivity index (χ1v) is 6.17. The summed E-state index contributed by atoms with van der Waals surface area (Å²) in [5, 5.41) is 8.80. The fourth-order valence-corrected chi connectivity index (χ4v) is 2.13. The third kappa shape index (κ3) is 3.08. The van der Waals surface area contributed by atoms with Crippen LogP contribution in [0, 0.1) is 0 Å². The average molecular weight is 253 g/mol. The fourth-order valence-electron chi connectivity index (χ4n) is 2.13. The Morgan fingerprint density at radius 2 is 2.44 bits per heavy atom. The van der Waals surface area contributed by atoms with Crippen LogP contribution in [0.5, 0.6) is 0 Å². The Kier molecular flexibility index (Phi) is 3.98. The van der Waals surface area contributed by atoms with E-state index in [0.717, 1.165) is 19.7 Å². The van der Waals surface area contributed by atoms with E-state index in [9.17, 15) is 4.79 Å². The van der Waals surface area contributed by atoms with Crippen molar-refractivity contribution in [2.75, 3.05) is 19.7 Å². The van der Waals surface area contributed by atoms with Crippen LogP contribution in [0.3, 0.4) is 0 Å². The molecule has 0 amide bonds. The number of ether oxygens (including phenoxy) is 1. The maximum Gasteiger partial charge on any atom is 0.356 e. The molecule has 2 heterocycles. The van der Waals surface area contributed by atoms with Crippen LogP contribution in [0.25, 0.3) is 0 Å². The molecule has 1 fully saturated rings. The molecular formula is C12H19N3O3. The van der Waals surface area contributed by atoms with Crippen LogP contribution in [0.2, 0.25) is 0 Å². The summed E-state index contributed by atoms with van der Waals surface area (Å²) < 4.78 is 7.47. The molecule has 1 aromatic rings. The number of rotatable bonds is 4.